The van der Waals surface area contributed by atoms with Crippen LogP contribution in [0.1, 0.15) is 24.2 Å². The number of hydrogen-bond donors (Lipinski definition) is 2. The van der Waals surface area contributed by atoms with Crippen LogP contribution in [0.2, 0.25) is 10.0 Å². The SMILES string of the molecule is CC(C)C(NC(=O)c1cccc(Cl)c1Cl)C(N)=S. The predicted molar refractivity (Wildman–Crippen MR) is 79.3 cm³/mol. The third-order valence-electron chi connectivity index (χ3n) is 2.46. The normalized spacial score (nSPS) is 12.3. The molecule has 1 amide bonds. The minimum atomic E-state index is -0.373. The lowest BCUT2D eigenvalue weighted by atomic mass is 10.0. The Morgan fingerprint density at radius 1 is 1.39 bits per heavy atom. The number of nitrogens with two attached hydrogens (primary N) is 1. The molecule has 0 saturated carbocycles. The van der Waals surface area contributed by atoms with Crippen LogP contribution in [0.25, 0.3) is 0 Å². The van der Waals surface area contributed by atoms with Gasteiger partial charge in [-0.25, -0.2) is 0 Å². The average Bonchev–Trinajstić information content (AvgIpc) is 2.28. The van der Waals surface area contributed by atoms with Crippen molar-refractivity contribution >= 4 is 46.3 Å². The Hall–Kier alpha value is -0.840. The standard InChI is InChI=1S/C12H14Cl2N2OS/c1-6(2)10(11(15)18)16-12(17)7-4-3-5-8(13)9(7)14/h3-6,10H,1-2H3,(H2,15,18)(H,16,17). The van der Waals surface area contributed by atoms with Crippen LogP contribution in [-0.4, -0.2) is 16.9 Å². The maximum absolute atomic E-state index is 12.1. The molecule has 0 aliphatic heterocycles. The van der Waals surface area contributed by atoms with E-state index in [0.717, 1.165) is 0 Å². The molecule has 0 aromatic heterocycles. The number of amides is 1. The number of halogens is 2. The van der Waals surface area contributed by atoms with E-state index in [-0.39, 0.29) is 27.9 Å². The van der Waals surface area contributed by atoms with Crippen molar-refractivity contribution in [3.8, 4) is 0 Å². The molecule has 0 aliphatic carbocycles. The molecule has 0 fully saturated rings. The summed E-state index contributed by atoms with van der Waals surface area (Å²) in [5, 5.41) is 3.31. The van der Waals surface area contributed by atoms with Crippen molar-refractivity contribution < 1.29 is 4.79 Å². The lowest BCUT2D eigenvalue weighted by Crippen LogP contribution is -2.46. The Kier molecular flexibility index (Phi) is 5.38. The van der Waals surface area contributed by atoms with E-state index in [1.165, 1.54) is 0 Å². The lowest BCUT2D eigenvalue weighted by molar-refractivity contribution is 0.0940. The fourth-order valence-corrected chi connectivity index (χ4v) is 2.18. The van der Waals surface area contributed by atoms with E-state index in [0.29, 0.717) is 10.6 Å². The average molecular weight is 305 g/mol. The summed E-state index contributed by atoms with van der Waals surface area (Å²) in [5.74, 6) is -0.238. The third kappa shape index (κ3) is 3.57. The molecular weight excluding hydrogens is 291 g/mol. The second kappa shape index (κ2) is 6.36. The maximum Gasteiger partial charge on any atom is 0.253 e. The molecule has 0 heterocycles. The lowest BCUT2D eigenvalue weighted by Gasteiger charge is -2.21. The molecule has 3 N–H and O–H groups in total. The molecule has 1 aromatic rings. The first-order valence-electron chi connectivity index (χ1n) is 5.38. The summed E-state index contributed by atoms with van der Waals surface area (Å²) in [7, 11) is 0. The molecule has 0 bridgehead atoms. The monoisotopic (exact) mass is 304 g/mol. The Morgan fingerprint density at radius 2 is 2.00 bits per heavy atom. The van der Waals surface area contributed by atoms with E-state index in [2.05, 4.69) is 5.32 Å². The van der Waals surface area contributed by atoms with Crippen LogP contribution in [0.5, 0.6) is 0 Å². The van der Waals surface area contributed by atoms with E-state index >= 15 is 0 Å². The van der Waals surface area contributed by atoms with Crippen molar-refractivity contribution in [3.63, 3.8) is 0 Å². The van der Waals surface area contributed by atoms with Gasteiger partial charge in [0, 0.05) is 0 Å². The van der Waals surface area contributed by atoms with Gasteiger partial charge in [-0.15, -0.1) is 0 Å². The van der Waals surface area contributed by atoms with Gasteiger partial charge in [-0.1, -0.05) is 55.3 Å². The molecule has 98 valence electrons. The van der Waals surface area contributed by atoms with Gasteiger partial charge < -0.3 is 11.1 Å². The molecule has 0 saturated heterocycles. The summed E-state index contributed by atoms with van der Waals surface area (Å²) < 4.78 is 0. The van der Waals surface area contributed by atoms with Gasteiger partial charge in [-0.3, -0.25) is 4.79 Å². The maximum atomic E-state index is 12.1. The van der Waals surface area contributed by atoms with E-state index < -0.39 is 0 Å². The van der Waals surface area contributed by atoms with E-state index in [1.807, 2.05) is 13.8 Å². The molecule has 0 spiro atoms. The van der Waals surface area contributed by atoms with Gasteiger partial charge in [-0.2, -0.15) is 0 Å². The van der Waals surface area contributed by atoms with Crippen molar-refractivity contribution in [2.24, 2.45) is 11.7 Å². The van der Waals surface area contributed by atoms with Gasteiger partial charge in [0.25, 0.3) is 5.91 Å². The number of thiocarbonyl (C=S) groups is 1. The van der Waals surface area contributed by atoms with Crippen LogP contribution in [0, 0.1) is 5.92 Å². The van der Waals surface area contributed by atoms with Gasteiger partial charge in [-0.05, 0) is 18.1 Å². The summed E-state index contributed by atoms with van der Waals surface area (Å²) in [6, 6.07) is 4.51. The first-order chi connectivity index (χ1) is 8.34. The fraction of sp³-hybridized carbons (Fsp3) is 0.333. The molecule has 6 heteroatoms. The molecule has 1 rings (SSSR count). The molecule has 3 nitrogen and oxygen atoms in total. The number of carbonyl (C=O) groups excluding carboxylic acids is 1. The number of benzene rings is 1. The third-order valence-corrected chi connectivity index (χ3v) is 3.53. The van der Waals surface area contributed by atoms with Crippen molar-refractivity contribution in [1.29, 1.82) is 0 Å². The van der Waals surface area contributed by atoms with Crippen LogP contribution in [0.4, 0.5) is 0 Å². The molecule has 0 radical (unpaired) electrons. The van der Waals surface area contributed by atoms with Gasteiger partial charge in [0.15, 0.2) is 0 Å². The fourth-order valence-electron chi connectivity index (χ4n) is 1.46. The molecule has 0 aliphatic rings. The van der Waals surface area contributed by atoms with Crippen LogP contribution >= 0.6 is 35.4 Å². The minimum absolute atomic E-state index is 0.101. The zero-order valence-corrected chi connectivity index (χ0v) is 12.4. The second-order valence-electron chi connectivity index (χ2n) is 4.20. The van der Waals surface area contributed by atoms with Crippen molar-refractivity contribution in [3.05, 3.63) is 33.8 Å². The highest BCUT2D eigenvalue weighted by molar-refractivity contribution is 7.80. The van der Waals surface area contributed by atoms with Crippen LogP contribution in [0.15, 0.2) is 18.2 Å². The molecule has 1 aromatic carbocycles. The minimum Gasteiger partial charge on any atom is -0.392 e. The first kappa shape index (κ1) is 15.2. The van der Waals surface area contributed by atoms with E-state index in [1.54, 1.807) is 18.2 Å². The molecule has 1 unspecified atom stereocenters. The summed E-state index contributed by atoms with van der Waals surface area (Å²) in [6.45, 7) is 3.84. The largest absolute Gasteiger partial charge is 0.392 e. The molecule has 18 heavy (non-hydrogen) atoms. The van der Waals surface area contributed by atoms with Crippen LogP contribution < -0.4 is 11.1 Å². The molecular formula is C12H14Cl2N2OS. The Morgan fingerprint density at radius 3 is 2.50 bits per heavy atom. The van der Waals surface area contributed by atoms with Gasteiger partial charge >= 0.3 is 0 Å². The highest BCUT2D eigenvalue weighted by atomic mass is 35.5. The number of nitrogens with one attached hydrogen (secondary N) is 1. The zero-order chi connectivity index (χ0) is 13.9. The number of rotatable bonds is 4. The van der Waals surface area contributed by atoms with Crippen molar-refractivity contribution in [2.45, 2.75) is 19.9 Å². The smallest absolute Gasteiger partial charge is 0.253 e. The van der Waals surface area contributed by atoms with E-state index in [4.69, 9.17) is 41.2 Å². The Balaban J connectivity index is 2.94. The Labute approximate surface area is 122 Å². The number of hydrogen-bond acceptors (Lipinski definition) is 2. The predicted octanol–water partition coefficient (Wildman–Crippen LogP) is 3.03. The van der Waals surface area contributed by atoms with Crippen molar-refractivity contribution in [1.82, 2.24) is 5.32 Å². The zero-order valence-electron chi connectivity index (χ0n) is 10.0. The summed E-state index contributed by atoms with van der Waals surface area (Å²) in [4.78, 5) is 12.3. The van der Waals surface area contributed by atoms with Gasteiger partial charge in [0.05, 0.1) is 26.6 Å². The van der Waals surface area contributed by atoms with Crippen molar-refractivity contribution in [2.75, 3.05) is 0 Å². The Bertz CT molecular complexity index is 477. The number of carbonyl (C=O) groups is 1. The summed E-state index contributed by atoms with van der Waals surface area (Å²) in [6.07, 6.45) is 0. The summed E-state index contributed by atoms with van der Waals surface area (Å²) >= 11 is 16.8. The topological polar surface area (TPSA) is 55.1 Å². The van der Waals surface area contributed by atoms with Crippen LogP contribution in [-0.2, 0) is 0 Å². The van der Waals surface area contributed by atoms with Gasteiger partial charge in [0.1, 0.15) is 0 Å². The quantitative estimate of drug-likeness (QED) is 0.841. The van der Waals surface area contributed by atoms with E-state index in [9.17, 15) is 4.79 Å². The highest BCUT2D eigenvalue weighted by Crippen LogP contribution is 2.25. The first-order valence-corrected chi connectivity index (χ1v) is 6.55. The summed E-state index contributed by atoms with van der Waals surface area (Å²) in [5.41, 5.74) is 5.90. The van der Waals surface area contributed by atoms with Gasteiger partial charge in [0.2, 0.25) is 0 Å². The van der Waals surface area contributed by atoms with Crippen LogP contribution in [0.3, 0.4) is 0 Å². The molecule has 1 atom stereocenters. The highest BCUT2D eigenvalue weighted by Gasteiger charge is 2.21. The second-order valence-corrected chi connectivity index (χ2v) is 5.46.